The zero-order valence-electron chi connectivity index (χ0n) is 27.7. The molecule has 3 heterocycles. The van der Waals surface area contributed by atoms with E-state index in [2.05, 4.69) is 40.9 Å². The first kappa shape index (κ1) is 34.5. The SMILES string of the molecule is C[C@H]1CN(C(OC2CCC(C(=O)O)CC2)(C(=O)Cc2cc(Cl)c(NC(=O)c3coc4ccccc34)cc2F)N2CCCC2)C[C@H](C)N1C. The van der Waals surface area contributed by atoms with Gasteiger partial charge in [-0.25, -0.2) is 4.39 Å². The molecule has 48 heavy (non-hydrogen) atoms. The standard InChI is InChI=1S/C36H44ClFN4O6/c1-22-19-42(20-23(2)40(22)3)36(41-14-6-7-15-41,48-26-12-10-24(11-13-26)35(45)46)33(43)17-25-16-29(37)31(18-30(25)38)39-34(44)28-21-47-32-9-5-4-8-27(28)32/h4-5,8-9,16,18,21-24,26H,6-7,10-15,17,19-20H2,1-3H3,(H,39,44)(H,45,46)/t22-,23-,24?,26?,36?/m0/s1. The molecule has 1 amide bonds. The Morgan fingerprint density at radius 1 is 1.04 bits per heavy atom. The predicted octanol–water partition coefficient (Wildman–Crippen LogP) is 6.02. The van der Waals surface area contributed by atoms with Gasteiger partial charge in [0, 0.05) is 50.1 Å². The lowest BCUT2D eigenvalue weighted by atomic mass is 9.87. The first-order valence-electron chi connectivity index (χ1n) is 16.9. The van der Waals surface area contributed by atoms with Gasteiger partial charge in [-0.15, -0.1) is 0 Å². The number of halogens is 2. The van der Waals surface area contributed by atoms with Crippen LogP contribution in [-0.4, -0.2) is 94.7 Å². The van der Waals surface area contributed by atoms with Crippen LogP contribution in [0.3, 0.4) is 0 Å². The molecule has 3 aliphatic rings. The third-order valence-corrected chi connectivity index (χ3v) is 10.8. The molecule has 258 valence electrons. The number of hydrogen-bond acceptors (Lipinski definition) is 8. The molecule has 0 bridgehead atoms. The molecule has 3 atom stereocenters. The average Bonchev–Trinajstić information content (AvgIpc) is 3.76. The Kier molecular flexibility index (Phi) is 10.2. The fourth-order valence-corrected chi connectivity index (χ4v) is 7.78. The van der Waals surface area contributed by atoms with Crippen molar-refractivity contribution < 1.29 is 33.0 Å². The van der Waals surface area contributed by atoms with Crippen molar-refractivity contribution >= 4 is 45.9 Å². The van der Waals surface area contributed by atoms with E-state index in [9.17, 15) is 19.5 Å². The van der Waals surface area contributed by atoms with Crippen molar-refractivity contribution in [3.05, 3.63) is 64.6 Å². The summed E-state index contributed by atoms with van der Waals surface area (Å²) in [5.41, 5.74) is 1.03. The van der Waals surface area contributed by atoms with Crippen molar-refractivity contribution in [1.29, 1.82) is 0 Å². The molecule has 0 radical (unpaired) electrons. The van der Waals surface area contributed by atoms with E-state index >= 15 is 4.39 Å². The lowest BCUT2D eigenvalue weighted by molar-refractivity contribution is -0.265. The van der Waals surface area contributed by atoms with Crippen LogP contribution in [0, 0.1) is 11.7 Å². The number of hydrogen-bond donors (Lipinski definition) is 2. The number of likely N-dealkylation sites (tertiary alicyclic amines) is 1. The maximum absolute atomic E-state index is 15.9. The summed E-state index contributed by atoms with van der Waals surface area (Å²) in [6, 6.07) is 9.94. The van der Waals surface area contributed by atoms with Gasteiger partial charge in [0.2, 0.25) is 5.85 Å². The second-order valence-corrected chi connectivity index (χ2v) is 14.0. The van der Waals surface area contributed by atoms with Crippen LogP contribution in [0.4, 0.5) is 10.1 Å². The maximum Gasteiger partial charge on any atom is 0.306 e. The number of carboxylic acid groups (broad SMARTS) is 1. The summed E-state index contributed by atoms with van der Waals surface area (Å²) in [4.78, 5) is 46.2. The van der Waals surface area contributed by atoms with E-state index in [1.807, 2.05) is 0 Å². The molecule has 2 saturated heterocycles. The first-order chi connectivity index (χ1) is 23.0. The highest BCUT2D eigenvalue weighted by Gasteiger charge is 2.54. The highest BCUT2D eigenvalue weighted by molar-refractivity contribution is 6.34. The Balaban J connectivity index is 1.30. The molecule has 3 fully saturated rings. The zero-order valence-corrected chi connectivity index (χ0v) is 28.5. The number of fused-ring (bicyclic) bond motifs is 1. The van der Waals surface area contributed by atoms with Crippen molar-refractivity contribution in [1.82, 2.24) is 14.7 Å². The number of carboxylic acids is 1. The minimum Gasteiger partial charge on any atom is -0.481 e. The zero-order chi connectivity index (χ0) is 34.2. The predicted molar refractivity (Wildman–Crippen MR) is 181 cm³/mol. The number of piperazine rings is 1. The quantitative estimate of drug-likeness (QED) is 0.265. The van der Waals surface area contributed by atoms with Crippen LogP contribution in [0.25, 0.3) is 11.0 Å². The number of likely N-dealkylation sites (N-methyl/N-ethyl adjacent to an activating group) is 1. The lowest BCUT2D eigenvalue weighted by Crippen LogP contribution is -2.72. The maximum atomic E-state index is 15.9. The second kappa shape index (κ2) is 14.2. The molecule has 1 unspecified atom stereocenters. The molecule has 0 spiro atoms. The topological polar surface area (TPSA) is 116 Å². The molecule has 1 saturated carbocycles. The highest BCUT2D eigenvalue weighted by Crippen LogP contribution is 2.38. The number of ketones is 1. The number of ether oxygens (including phenoxy) is 1. The molecule has 1 aromatic heterocycles. The van der Waals surface area contributed by atoms with E-state index in [0.29, 0.717) is 68.4 Å². The van der Waals surface area contributed by atoms with Gasteiger partial charge in [-0.05, 0) is 83.2 Å². The highest BCUT2D eigenvalue weighted by atomic mass is 35.5. The second-order valence-electron chi connectivity index (χ2n) is 13.6. The summed E-state index contributed by atoms with van der Waals surface area (Å²) in [5.74, 6) is -4.13. The summed E-state index contributed by atoms with van der Waals surface area (Å²) in [7, 11) is 2.08. The van der Waals surface area contributed by atoms with Crippen molar-refractivity contribution in [3.8, 4) is 0 Å². The van der Waals surface area contributed by atoms with E-state index in [1.165, 1.54) is 12.3 Å². The van der Waals surface area contributed by atoms with E-state index < -0.39 is 29.5 Å². The Hall–Kier alpha value is -3.35. The van der Waals surface area contributed by atoms with E-state index in [-0.39, 0.29) is 46.7 Å². The molecule has 2 aliphatic heterocycles. The molecule has 3 aromatic rings. The van der Waals surface area contributed by atoms with E-state index in [0.717, 1.165) is 18.9 Å². The van der Waals surface area contributed by atoms with Crippen molar-refractivity contribution in [2.24, 2.45) is 5.92 Å². The van der Waals surface area contributed by atoms with Gasteiger partial charge >= 0.3 is 5.97 Å². The minimum atomic E-state index is -1.45. The van der Waals surface area contributed by atoms with Crippen molar-refractivity contribution in [3.63, 3.8) is 0 Å². The first-order valence-corrected chi connectivity index (χ1v) is 17.3. The van der Waals surface area contributed by atoms with Crippen LogP contribution >= 0.6 is 11.6 Å². The number of benzene rings is 2. The number of nitrogens with zero attached hydrogens (tertiary/aromatic N) is 3. The number of amides is 1. The summed E-state index contributed by atoms with van der Waals surface area (Å²) >= 11 is 6.63. The Labute approximate surface area is 285 Å². The number of anilines is 1. The van der Waals surface area contributed by atoms with E-state index in [4.69, 9.17) is 20.8 Å². The van der Waals surface area contributed by atoms with Gasteiger partial charge in [0.15, 0.2) is 5.78 Å². The number of Topliss-reactive ketones (excluding diaryl/α,β-unsaturated/α-hetero) is 1. The third kappa shape index (κ3) is 6.76. The fourth-order valence-electron chi connectivity index (χ4n) is 7.55. The van der Waals surface area contributed by atoms with Crippen molar-refractivity contribution in [2.45, 2.75) is 82.8 Å². The van der Waals surface area contributed by atoms with Crippen LogP contribution in [0.2, 0.25) is 5.02 Å². The van der Waals surface area contributed by atoms with Crippen LogP contribution in [-0.2, 0) is 20.7 Å². The Morgan fingerprint density at radius 2 is 1.71 bits per heavy atom. The summed E-state index contributed by atoms with van der Waals surface area (Å²) in [6.07, 6.45) is 4.58. The molecule has 2 aromatic carbocycles. The summed E-state index contributed by atoms with van der Waals surface area (Å²) in [6.45, 7) is 6.71. The molecule has 1 aliphatic carbocycles. The van der Waals surface area contributed by atoms with Crippen LogP contribution < -0.4 is 5.32 Å². The molecular weight excluding hydrogens is 639 g/mol. The van der Waals surface area contributed by atoms with Crippen LogP contribution in [0.1, 0.15) is 68.3 Å². The number of carbonyl (C=O) groups is 3. The van der Waals surface area contributed by atoms with Crippen LogP contribution in [0.15, 0.2) is 47.1 Å². The number of nitrogens with one attached hydrogen (secondary N) is 1. The van der Waals surface area contributed by atoms with Gasteiger partial charge in [-0.1, -0.05) is 29.8 Å². The smallest absolute Gasteiger partial charge is 0.306 e. The fraction of sp³-hybridized carbons (Fsp3) is 0.528. The third-order valence-electron chi connectivity index (χ3n) is 10.5. The summed E-state index contributed by atoms with van der Waals surface area (Å²) in [5, 5.41) is 13.0. The molecule has 6 rings (SSSR count). The molecule has 12 heteroatoms. The van der Waals surface area contributed by atoms with Gasteiger partial charge in [0.1, 0.15) is 17.7 Å². The normalized spacial score (nSPS) is 25.6. The number of rotatable bonds is 10. The number of furan rings is 1. The summed E-state index contributed by atoms with van der Waals surface area (Å²) < 4.78 is 28.4. The van der Waals surface area contributed by atoms with Gasteiger partial charge in [0.05, 0.1) is 28.3 Å². The molecule has 10 nitrogen and oxygen atoms in total. The van der Waals surface area contributed by atoms with Gasteiger partial charge in [-0.3, -0.25) is 29.1 Å². The largest absolute Gasteiger partial charge is 0.481 e. The Morgan fingerprint density at radius 3 is 2.38 bits per heavy atom. The monoisotopic (exact) mass is 682 g/mol. The number of para-hydroxylation sites is 1. The van der Waals surface area contributed by atoms with Crippen LogP contribution in [0.5, 0.6) is 0 Å². The van der Waals surface area contributed by atoms with Gasteiger partial charge in [0.25, 0.3) is 5.91 Å². The molecule has 2 N–H and O–H groups in total. The average molecular weight is 683 g/mol. The lowest BCUT2D eigenvalue weighted by Gasteiger charge is -2.54. The van der Waals surface area contributed by atoms with Gasteiger partial charge in [-0.2, -0.15) is 0 Å². The number of carbonyl (C=O) groups excluding carboxylic acids is 2. The Bertz CT molecular complexity index is 1660. The minimum absolute atomic E-state index is 0.0830. The van der Waals surface area contributed by atoms with Gasteiger partial charge < -0.3 is 19.6 Å². The van der Waals surface area contributed by atoms with Crippen molar-refractivity contribution in [2.75, 3.05) is 38.5 Å². The molecular formula is C36H44ClFN4O6. The van der Waals surface area contributed by atoms with E-state index in [1.54, 1.807) is 24.3 Å². The number of aliphatic carboxylic acids is 1.